The molecule has 3 unspecified atom stereocenters. The minimum atomic E-state index is 0.460. The van der Waals surface area contributed by atoms with E-state index in [0.717, 1.165) is 37.0 Å². The molecule has 1 aromatic rings. The summed E-state index contributed by atoms with van der Waals surface area (Å²) in [5.41, 5.74) is 0.975. The first-order valence-corrected chi connectivity index (χ1v) is 6.73. The molecule has 0 amide bonds. The average Bonchev–Trinajstić information content (AvgIpc) is 2.71. The highest BCUT2D eigenvalue weighted by Gasteiger charge is 2.29. The van der Waals surface area contributed by atoms with Gasteiger partial charge in [-0.15, -0.1) is 0 Å². The highest BCUT2D eigenvalue weighted by Crippen LogP contribution is 2.37. The van der Waals surface area contributed by atoms with Gasteiger partial charge in [-0.25, -0.2) is 0 Å². The van der Waals surface area contributed by atoms with Crippen molar-refractivity contribution in [2.24, 2.45) is 11.8 Å². The van der Waals surface area contributed by atoms with E-state index in [4.69, 9.17) is 9.26 Å². The van der Waals surface area contributed by atoms with Crippen LogP contribution in [0.15, 0.2) is 10.6 Å². The van der Waals surface area contributed by atoms with Gasteiger partial charge in [0.15, 0.2) is 0 Å². The Labute approximate surface area is 104 Å². The van der Waals surface area contributed by atoms with E-state index >= 15 is 0 Å². The van der Waals surface area contributed by atoms with Gasteiger partial charge in [0, 0.05) is 25.2 Å². The van der Waals surface area contributed by atoms with Crippen molar-refractivity contribution in [2.75, 3.05) is 13.2 Å². The lowest BCUT2D eigenvalue weighted by molar-refractivity contribution is 0.0669. The van der Waals surface area contributed by atoms with Crippen LogP contribution in [0.4, 0.5) is 0 Å². The first kappa shape index (κ1) is 12.6. The molecule has 0 aliphatic carbocycles. The standard InChI is InChI=1S/C14H23NO2/c1-4-12-5-7-16-8-6-13(11(12)3)14-9-10(2)15-17-14/h9,11-13H,4-8H2,1-3H3. The highest BCUT2D eigenvalue weighted by atomic mass is 16.5. The van der Waals surface area contributed by atoms with Gasteiger partial charge in [0.2, 0.25) is 0 Å². The van der Waals surface area contributed by atoms with Crippen molar-refractivity contribution < 1.29 is 9.26 Å². The Balaban J connectivity index is 2.16. The molecule has 3 nitrogen and oxygen atoms in total. The van der Waals surface area contributed by atoms with Crippen LogP contribution in [-0.2, 0) is 4.74 Å². The molecule has 96 valence electrons. The van der Waals surface area contributed by atoms with E-state index in [-0.39, 0.29) is 0 Å². The van der Waals surface area contributed by atoms with Crippen molar-refractivity contribution in [3.8, 4) is 0 Å². The van der Waals surface area contributed by atoms with Gasteiger partial charge in [-0.2, -0.15) is 0 Å². The van der Waals surface area contributed by atoms with Crippen LogP contribution in [-0.4, -0.2) is 18.4 Å². The maximum Gasteiger partial charge on any atom is 0.140 e. The molecule has 3 heteroatoms. The van der Waals surface area contributed by atoms with E-state index in [1.54, 1.807) is 0 Å². The quantitative estimate of drug-likeness (QED) is 0.789. The van der Waals surface area contributed by atoms with Gasteiger partial charge in [0.25, 0.3) is 0 Å². The Hall–Kier alpha value is -0.830. The highest BCUT2D eigenvalue weighted by molar-refractivity contribution is 5.10. The number of nitrogens with zero attached hydrogens (tertiary/aromatic N) is 1. The maximum absolute atomic E-state index is 5.65. The van der Waals surface area contributed by atoms with E-state index in [2.05, 4.69) is 25.1 Å². The third-order valence-electron chi connectivity index (χ3n) is 4.12. The zero-order valence-electron chi connectivity index (χ0n) is 11.1. The minimum Gasteiger partial charge on any atom is -0.381 e. The fourth-order valence-corrected chi connectivity index (χ4v) is 2.94. The summed E-state index contributed by atoms with van der Waals surface area (Å²) in [5, 5.41) is 4.02. The molecule has 2 rings (SSSR count). The smallest absolute Gasteiger partial charge is 0.140 e. The Morgan fingerprint density at radius 2 is 2.12 bits per heavy atom. The molecule has 2 heterocycles. The topological polar surface area (TPSA) is 35.3 Å². The van der Waals surface area contributed by atoms with Gasteiger partial charge in [-0.1, -0.05) is 25.4 Å². The van der Waals surface area contributed by atoms with Crippen molar-refractivity contribution in [3.63, 3.8) is 0 Å². The van der Waals surface area contributed by atoms with Crippen LogP contribution in [0.1, 0.15) is 50.5 Å². The largest absolute Gasteiger partial charge is 0.381 e. The molecular weight excluding hydrogens is 214 g/mol. The molecule has 0 aromatic carbocycles. The van der Waals surface area contributed by atoms with Gasteiger partial charge >= 0.3 is 0 Å². The first-order chi connectivity index (χ1) is 8.22. The Bertz CT molecular complexity index is 348. The fourth-order valence-electron chi connectivity index (χ4n) is 2.94. The number of rotatable bonds is 2. The summed E-state index contributed by atoms with van der Waals surface area (Å²) >= 11 is 0. The molecule has 1 saturated heterocycles. The summed E-state index contributed by atoms with van der Waals surface area (Å²) in [6.07, 6.45) is 3.43. The number of ether oxygens (including phenoxy) is 1. The van der Waals surface area contributed by atoms with Crippen molar-refractivity contribution in [1.82, 2.24) is 5.16 Å². The van der Waals surface area contributed by atoms with Crippen molar-refractivity contribution in [3.05, 3.63) is 17.5 Å². The number of hydrogen-bond acceptors (Lipinski definition) is 3. The Morgan fingerprint density at radius 1 is 1.35 bits per heavy atom. The predicted octanol–water partition coefficient (Wildman–Crippen LogP) is 3.54. The molecule has 3 atom stereocenters. The van der Waals surface area contributed by atoms with Crippen LogP contribution in [0.25, 0.3) is 0 Å². The third kappa shape index (κ3) is 2.89. The molecule has 0 radical (unpaired) electrons. The second-order valence-electron chi connectivity index (χ2n) is 5.19. The molecule has 0 N–H and O–H groups in total. The molecule has 0 spiro atoms. The molecule has 17 heavy (non-hydrogen) atoms. The van der Waals surface area contributed by atoms with Crippen LogP contribution < -0.4 is 0 Å². The van der Waals surface area contributed by atoms with Gasteiger partial charge in [0.1, 0.15) is 5.76 Å². The van der Waals surface area contributed by atoms with Crippen molar-refractivity contribution in [1.29, 1.82) is 0 Å². The maximum atomic E-state index is 5.65. The Kier molecular flexibility index (Phi) is 4.21. The monoisotopic (exact) mass is 237 g/mol. The van der Waals surface area contributed by atoms with Crippen LogP contribution in [0.3, 0.4) is 0 Å². The van der Waals surface area contributed by atoms with Crippen molar-refractivity contribution >= 4 is 0 Å². The summed E-state index contributed by atoms with van der Waals surface area (Å²) in [5.74, 6) is 2.88. The van der Waals surface area contributed by atoms with E-state index in [9.17, 15) is 0 Å². The predicted molar refractivity (Wildman–Crippen MR) is 67.0 cm³/mol. The molecule has 1 aliphatic heterocycles. The number of aryl methyl sites for hydroxylation is 1. The zero-order chi connectivity index (χ0) is 12.3. The van der Waals surface area contributed by atoms with Crippen LogP contribution in [0.2, 0.25) is 0 Å². The van der Waals surface area contributed by atoms with Gasteiger partial charge in [0.05, 0.1) is 5.69 Å². The second-order valence-corrected chi connectivity index (χ2v) is 5.19. The van der Waals surface area contributed by atoms with E-state index in [1.807, 2.05) is 6.92 Å². The molecule has 1 fully saturated rings. The minimum absolute atomic E-state index is 0.460. The third-order valence-corrected chi connectivity index (χ3v) is 4.12. The van der Waals surface area contributed by atoms with Crippen molar-refractivity contribution in [2.45, 2.75) is 46.0 Å². The molecule has 0 saturated carbocycles. The zero-order valence-corrected chi connectivity index (χ0v) is 11.1. The van der Waals surface area contributed by atoms with E-state index in [1.165, 1.54) is 12.8 Å². The van der Waals surface area contributed by atoms with Crippen LogP contribution in [0, 0.1) is 18.8 Å². The lowest BCUT2D eigenvalue weighted by Crippen LogP contribution is -2.24. The van der Waals surface area contributed by atoms with E-state index in [0.29, 0.717) is 11.8 Å². The lowest BCUT2D eigenvalue weighted by Gasteiger charge is -2.31. The SMILES string of the molecule is CCC1CCOCCC(c2cc(C)no2)C1C. The number of aromatic nitrogens is 1. The summed E-state index contributed by atoms with van der Waals surface area (Å²) < 4.78 is 11.1. The summed E-state index contributed by atoms with van der Waals surface area (Å²) in [7, 11) is 0. The molecule has 0 bridgehead atoms. The van der Waals surface area contributed by atoms with E-state index < -0.39 is 0 Å². The first-order valence-electron chi connectivity index (χ1n) is 6.73. The Morgan fingerprint density at radius 3 is 2.76 bits per heavy atom. The van der Waals surface area contributed by atoms with Crippen LogP contribution in [0.5, 0.6) is 0 Å². The second kappa shape index (κ2) is 5.67. The average molecular weight is 237 g/mol. The van der Waals surface area contributed by atoms with Gasteiger partial charge in [-0.05, 0) is 31.6 Å². The normalized spacial score (nSPS) is 30.9. The summed E-state index contributed by atoms with van der Waals surface area (Å²) in [6, 6.07) is 2.08. The summed E-state index contributed by atoms with van der Waals surface area (Å²) in [6.45, 7) is 8.35. The molecular formula is C14H23NO2. The molecule has 1 aliphatic rings. The van der Waals surface area contributed by atoms with Gasteiger partial charge < -0.3 is 9.26 Å². The van der Waals surface area contributed by atoms with Gasteiger partial charge in [-0.3, -0.25) is 0 Å². The fraction of sp³-hybridized carbons (Fsp3) is 0.786. The molecule has 1 aromatic heterocycles. The lowest BCUT2D eigenvalue weighted by atomic mass is 9.77. The van der Waals surface area contributed by atoms with Crippen LogP contribution >= 0.6 is 0 Å². The summed E-state index contributed by atoms with van der Waals surface area (Å²) in [4.78, 5) is 0. The number of hydrogen-bond donors (Lipinski definition) is 0.